The number of rotatable bonds is 2. The van der Waals surface area contributed by atoms with E-state index in [2.05, 4.69) is 16.8 Å². The van der Waals surface area contributed by atoms with E-state index in [1.165, 1.54) is 0 Å². The summed E-state index contributed by atoms with van der Waals surface area (Å²) in [6, 6.07) is 0. The first-order valence-electron chi connectivity index (χ1n) is 5.05. The molecule has 1 amide bonds. The molecule has 0 spiro atoms. The zero-order chi connectivity index (χ0) is 10.5. The van der Waals surface area contributed by atoms with Crippen LogP contribution in [-0.4, -0.2) is 33.4 Å². The minimum atomic E-state index is 0.229. The monoisotopic (exact) mass is 203 g/mol. The van der Waals surface area contributed by atoms with Gasteiger partial charge >= 0.3 is 0 Å². The van der Waals surface area contributed by atoms with Crippen molar-refractivity contribution in [2.45, 2.75) is 19.4 Å². The fraction of sp³-hybridized carbons (Fsp3) is 0.455. The SMILES string of the molecule is O=C1CCCN1CC#CCn1ccnc1. The Hall–Kier alpha value is -1.76. The second-order valence-corrected chi connectivity index (χ2v) is 3.51. The van der Waals surface area contributed by atoms with E-state index in [0.29, 0.717) is 19.5 Å². The smallest absolute Gasteiger partial charge is 0.223 e. The standard InChI is InChI=1S/C11H13N3O/c15-11-4-3-8-14(11)7-2-1-6-13-9-5-12-10-13/h5,9-10H,3-4,6-8H2. The Morgan fingerprint density at radius 2 is 2.27 bits per heavy atom. The molecule has 1 aliphatic rings. The summed E-state index contributed by atoms with van der Waals surface area (Å²) in [6.45, 7) is 2.06. The Kier molecular flexibility index (Phi) is 3.03. The Bertz CT molecular complexity index is 386. The van der Waals surface area contributed by atoms with Crippen molar-refractivity contribution < 1.29 is 4.79 Å². The lowest BCUT2D eigenvalue weighted by atomic mass is 10.4. The van der Waals surface area contributed by atoms with Crippen LogP contribution in [0.25, 0.3) is 0 Å². The molecule has 0 saturated carbocycles. The first kappa shape index (κ1) is 9.78. The molecule has 2 rings (SSSR count). The van der Waals surface area contributed by atoms with Crippen molar-refractivity contribution in [2.24, 2.45) is 0 Å². The zero-order valence-corrected chi connectivity index (χ0v) is 8.52. The van der Waals surface area contributed by atoms with Crippen LogP contribution in [0, 0.1) is 11.8 Å². The van der Waals surface area contributed by atoms with Gasteiger partial charge in [0, 0.05) is 25.4 Å². The van der Waals surface area contributed by atoms with Crippen molar-refractivity contribution in [3.8, 4) is 11.8 Å². The summed E-state index contributed by atoms with van der Waals surface area (Å²) in [5, 5.41) is 0. The summed E-state index contributed by atoms with van der Waals surface area (Å²) in [5.41, 5.74) is 0. The van der Waals surface area contributed by atoms with Crippen LogP contribution in [0.5, 0.6) is 0 Å². The molecule has 1 aliphatic heterocycles. The van der Waals surface area contributed by atoms with E-state index in [1.807, 2.05) is 10.8 Å². The fourth-order valence-electron chi connectivity index (χ4n) is 1.55. The second kappa shape index (κ2) is 4.65. The van der Waals surface area contributed by atoms with Gasteiger partial charge in [-0.15, -0.1) is 0 Å². The first-order valence-corrected chi connectivity index (χ1v) is 5.05. The van der Waals surface area contributed by atoms with Crippen LogP contribution in [-0.2, 0) is 11.3 Å². The van der Waals surface area contributed by atoms with Crippen LogP contribution in [0.1, 0.15) is 12.8 Å². The van der Waals surface area contributed by atoms with Crippen molar-refractivity contribution in [1.29, 1.82) is 0 Å². The third-order valence-corrected chi connectivity index (χ3v) is 2.39. The maximum atomic E-state index is 11.2. The molecule has 1 aromatic heterocycles. The molecule has 0 radical (unpaired) electrons. The van der Waals surface area contributed by atoms with Crippen LogP contribution < -0.4 is 0 Å². The molecule has 15 heavy (non-hydrogen) atoms. The molecule has 0 aromatic carbocycles. The highest BCUT2D eigenvalue weighted by Gasteiger charge is 2.18. The third kappa shape index (κ3) is 2.59. The number of carbonyl (C=O) groups is 1. The van der Waals surface area contributed by atoms with E-state index in [4.69, 9.17) is 0 Å². The lowest BCUT2D eigenvalue weighted by Crippen LogP contribution is -2.24. The van der Waals surface area contributed by atoms with Crippen LogP contribution >= 0.6 is 0 Å². The number of carbonyl (C=O) groups excluding carboxylic acids is 1. The van der Waals surface area contributed by atoms with Gasteiger partial charge in [-0.3, -0.25) is 4.79 Å². The Balaban J connectivity index is 1.78. The minimum Gasteiger partial charge on any atom is -0.332 e. The van der Waals surface area contributed by atoms with Gasteiger partial charge in [-0.2, -0.15) is 0 Å². The predicted octanol–water partition coefficient (Wildman–Crippen LogP) is 0.509. The number of imidazole rings is 1. The summed E-state index contributed by atoms with van der Waals surface area (Å²) < 4.78 is 1.90. The lowest BCUT2D eigenvalue weighted by Gasteiger charge is -2.09. The first-order chi connectivity index (χ1) is 7.36. The van der Waals surface area contributed by atoms with Gasteiger partial charge in [-0.25, -0.2) is 4.98 Å². The predicted molar refractivity (Wildman–Crippen MR) is 55.8 cm³/mol. The average Bonchev–Trinajstić information content (AvgIpc) is 2.85. The lowest BCUT2D eigenvalue weighted by molar-refractivity contribution is -0.127. The maximum absolute atomic E-state index is 11.2. The summed E-state index contributed by atoms with van der Waals surface area (Å²) in [5.74, 6) is 6.25. The van der Waals surface area contributed by atoms with Crippen molar-refractivity contribution in [3.05, 3.63) is 18.7 Å². The quantitative estimate of drug-likeness (QED) is 0.657. The van der Waals surface area contributed by atoms with Crippen molar-refractivity contribution in [3.63, 3.8) is 0 Å². The van der Waals surface area contributed by atoms with E-state index < -0.39 is 0 Å². The van der Waals surface area contributed by atoms with E-state index in [0.717, 1.165) is 13.0 Å². The number of nitrogens with zero attached hydrogens (tertiary/aromatic N) is 3. The molecule has 0 N–H and O–H groups in total. The van der Waals surface area contributed by atoms with E-state index in [1.54, 1.807) is 17.4 Å². The molecule has 0 aliphatic carbocycles. The van der Waals surface area contributed by atoms with Gasteiger partial charge in [-0.05, 0) is 6.42 Å². The van der Waals surface area contributed by atoms with Gasteiger partial charge in [0.15, 0.2) is 0 Å². The van der Waals surface area contributed by atoms with E-state index >= 15 is 0 Å². The van der Waals surface area contributed by atoms with Gasteiger partial charge in [0.25, 0.3) is 0 Å². The van der Waals surface area contributed by atoms with Crippen LogP contribution in [0.4, 0.5) is 0 Å². The third-order valence-electron chi connectivity index (χ3n) is 2.39. The summed E-state index contributed by atoms with van der Waals surface area (Å²) >= 11 is 0. The van der Waals surface area contributed by atoms with Crippen molar-refractivity contribution >= 4 is 5.91 Å². The van der Waals surface area contributed by atoms with Crippen LogP contribution in [0.15, 0.2) is 18.7 Å². The molecule has 0 bridgehead atoms. The average molecular weight is 203 g/mol. The molecule has 2 heterocycles. The molecule has 1 saturated heterocycles. The number of likely N-dealkylation sites (tertiary alicyclic amines) is 1. The van der Waals surface area contributed by atoms with E-state index in [-0.39, 0.29) is 5.91 Å². The number of aromatic nitrogens is 2. The molecule has 1 fully saturated rings. The van der Waals surface area contributed by atoms with Crippen LogP contribution in [0.2, 0.25) is 0 Å². The molecule has 78 valence electrons. The van der Waals surface area contributed by atoms with Crippen molar-refractivity contribution in [2.75, 3.05) is 13.1 Å². The summed E-state index contributed by atoms with van der Waals surface area (Å²) in [4.78, 5) is 17.0. The topological polar surface area (TPSA) is 38.1 Å². The minimum absolute atomic E-state index is 0.229. The van der Waals surface area contributed by atoms with Crippen LogP contribution in [0.3, 0.4) is 0 Å². The Morgan fingerprint density at radius 3 is 2.93 bits per heavy atom. The van der Waals surface area contributed by atoms with Gasteiger partial charge < -0.3 is 9.47 Å². The summed E-state index contributed by atoms with van der Waals surface area (Å²) in [6.07, 6.45) is 6.99. The molecule has 0 atom stereocenters. The highest BCUT2D eigenvalue weighted by atomic mass is 16.2. The molecule has 4 heteroatoms. The summed E-state index contributed by atoms with van der Waals surface area (Å²) in [7, 11) is 0. The fourth-order valence-corrected chi connectivity index (χ4v) is 1.55. The Morgan fingerprint density at radius 1 is 1.40 bits per heavy atom. The number of hydrogen-bond acceptors (Lipinski definition) is 2. The highest BCUT2D eigenvalue weighted by Crippen LogP contribution is 2.07. The molecule has 1 aromatic rings. The van der Waals surface area contributed by atoms with Gasteiger partial charge in [0.05, 0.1) is 19.4 Å². The van der Waals surface area contributed by atoms with Gasteiger partial charge in [0.1, 0.15) is 0 Å². The number of amides is 1. The number of hydrogen-bond donors (Lipinski definition) is 0. The second-order valence-electron chi connectivity index (χ2n) is 3.51. The van der Waals surface area contributed by atoms with E-state index in [9.17, 15) is 4.79 Å². The maximum Gasteiger partial charge on any atom is 0.223 e. The molecular weight excluding hydrogens is 190 g/mol. The largest absolute Gasteiger partial charge is 0.332 e. The van der Waals surface area contributed by atoms with Crippen molar-refractivity contribution in [1.82, 2.24) is 14.5 Å². The van der Waals surface area contributed by atoms with Gasteiger partial charge in [0.2, 0.25) is 5.91 Å². The highest BCUT2D eigenvalue weighted by molar-refractivity contribution is 5.78. The molecule has 4 nitrogen and oxygen atoms in total. The normalized spacial score (nSPS) is 15.2. The van der Waals surface area contributed by atoms with Gasteiger partial charge in [-0.1, -0.05) is 11.8 Å². The Labute approximate surface area is 88.9 Å². The molecule has 0 unspecified atom stereocenters. The zero-order valence-electron chi connectivity index (χ0n) is 8.52. The molecular formula is C11H13N3O.